The summed E-state index contributed by atoms with van der Waals surface area (Å²) in [4.78, 5) is 19.6. The molecule has 138 valence electrons. The molecule has 0 N–H and O–H groups in total. The number of anilines is 1. The summed E-state index contributed by atoms with van der Waals surface area (Å²) in [5, 5.41) is 0. The van der Waals surface area contributed by atoms with Crippen LogP contribution in [0.2, 0.25) is 0 Å². The molecule has 0 bridgehead atoms. The Balaban J connectivity index is 1.51. The normalized spacial score (nSPS) is 21.2. The molecule has 2 heterocycles. The Hall–Kier alpha value is -1.75. The van der Waals surface area contributed by atoms with Crippen LogP contribution in [-0.2, 0) is 4.79 Å². The minimum Gasteiger partial charge on any atom is -0.497 e. The summed E-state index contributed by atoms with van der Waals surface area (Å²) in [6, 6.07) is 8.22. The number of methoxy groups -OCH3 is 1. The number of nitrogens with zero attached hydrogens (tertiary/aromatic N) is 3. The lowest BCUT2D eigenvalue weighted by atomic mass is 9.98. The molecular weight excluding hydrogens is 314 g/mol. The van der Waals surface area contributed by atoms with Gasteiger partial charge in [-0.3, -0.25) is 9.69 Å². The topological polar surface area (TPSA) is 36.0 Å². The van der Waals surface area contributed by atoms with Crippen LogP contribution in [0.1, 0.15) is 26.7 Å². The van der Waals surface area contributed by atoms with Gasteiger partial charge >= 0.3 is 0 Å². The van der Waals surface area contributed by atoms with Gasteiger partial charge in [-0.25, -0.2) is 0 Å². The van der Waals surface area contributed by atoms with Crippen LogP contribution in [-0.4, -0.2) is 68.1 Å². The van der Waals surface area contributed by atoms with Crippen LogP contribution in [0.3, 0.4) is 0 Å². The van der Waals surface area contributed by atoms with Crippen molar-refractivity contribution in [3.63, 3.8) is 0 Å². The molecule has 0 aromatic heterocycles. The first-order valence-corrected chi connectivity index (χ1v) is 9.50. The van der Waals surface area contributed by atoms with Crippen molar-refractivity contribution >= 4 is 11.6 Å². The molecule has 1 aromatic rings. The molecule has 1 aromatic carbocycles. The number of amides is 1. The molecule has 3 rings (SSSR count). The molecule has 1 unspecified atom stereocenters. The maximum absolute atomic E-state index is 12.8. The lowest BCUT2D eigenvalue weighted by molar-refractivity contribution is -0.137. The van der Waals surface area contributed by atoms with Crippen molar-refractivity contribution in [3.05, 3.63) is 24.3 Å². The molecule has 5 heteroatoms. The van der Waals surface area contributed by atoms with Crippen LogP contribution < -0.4 is 9.64 Å². The number of piperidine rings is 1. The average Bonchev–Trinajstić information content (AvgIpc) is 2.67. The molecule has 1 atom stereocenters. The summed E-state index contributed by atoms with van der Waals surface area (Å²) in [7, 11) is 1.69. The Morgan fingerprint density at radius 2 is 1.64 bits per heavy atom. The van der Waals surface area contributed by atoms with Crippen molar-refractivity contribution in [1.82, 2.24) is 9.80 Å². The van der Waals surface area contributed by atoms with Gasteiger partial charge in [-0.1, -0.05) is 6.92 Å². The molecule has 2 aliphatic heterocycles. The fraction of sp³-hybridized carbons (Fsp3) is 0.650. The maximum Gasteiger partial charge on any atom is 0.239 e. The lowest BCUT2D eigenvalue weighted by Gasteiger charge is -2.40. The van der Waals surface area contributed by atoms with E-state index in [0.29, 0.717) is 5.91 Å². The van der Waals surface area contributed by atoms with E-state index < -0.39 is 0 Å². The van der Waals surface area contributed by atoms with Gasteiger partial charge in [-0.15, -0.1) is 0 Å². The summed E-state index contributed by atoms with van der Waals surface area (Å²) < 4.78 is 5.23. The standard InChI is InChI=1S/C20H31N3O2/c1-16-8-10-23(11-9-16)20(24)17(2)21-12-14-22(15-13-21)18-4-6-19(25-3)7-5-18/h4-7,16-17H,8-15H2,1-3H3. The lowest BCUT2D eigenvalue weighted by Crippen LogP contribution is -2.55. The number of hydrogen-bond acceptors (Lipinski definition) is 4. The third-order valence-corrected chi connectivity index (χ3v) is 5.75. The fourth-order valence-corrected chi connectivity index (χ4v) is 3.81. The number of likely N-dealkylation sites (tertiary alicyclic amines) is 1. The number of rotatable bonds is 4. The van der Waals surface area contributed by atoms with Gasteiger partial charge in [0.2, 0.25) is 5.91 Å². The van der Waals surface area contributed by atoms with Gasteiger partial charge in [0, 0.05) is 45.0 Å². The van der Waals surface area contributed by atoms with Gasteiger partial charge in [-0.05, 0) is 49.9 Å². The van der Waals surface area contributed by atoms with E-state index in [0.717, 1.165) is 63.8 Å². The quantitative estimate of drug-likeness (QED) is 0.840. The van der Waals surface area contributed by atoms with E-state index >= 15 is 0 Å². The zero-order valence-electron chi connectivity index (χ0n) is 15.8. The third kappa shape index (κ3) is 4.27. The Morgan fingerprint density at radius 3 is 2.20 bits per heavy atom. The molecule has 2 fully saturated rings. The summed E-state index contributed by atoms with van der Waals surface area (Å²) in [5.41, 5.74) is 1.23. The number of ether oxygens (including phenoxy) is 1. The summed E-state index contributed by atoms with van der Waals surface area (Å²) >= 11 is 0. The molecule has 0 saturated carbocycles. The van der Waals surface area contributed by atoms with Crippen molar-refractivity contribution in [2.75, 3.05) is 51.3 Å². The van der Waals surface area contributed by atoms with Gasteiger partial charge in [0.1, 0.15) is 5.75 Å². The van der Waals surface area contributed by atoms with Gasteiger partial charge in [0.15, 0.2) is 0 Å². The van der Waals surface area contributed by atoms with Crippen LogP contribution in [0.25, 0.3) is 0 Å². The molecule has 2 saturated heterocycles. The predicted molar refractivity (Wildman–Crippen MR) is 101 cm³/mol. The van der Waals surface area contributed by atoms with E-state index in [-0.39, 0.29) is 6.04 Å². The number of piperazine rings is 1. The second-order valence-electron chi connectivity index (χ2n) is 7.40. The highest BCUT2D eigenvalue weighted by Gasteiger charge is 2.30. The average molecular weight is 345 g/mol. The summed E-state index contributed by atoms with van der Waals surface area (Å²) in [6.45, 7) is 9.99. The number of hydrogen-bond donors (Lipinski definition) is 0. The van der Waals surface area contributed by atoms with Crippen LogP contribution in [0.5, 0.6) is 5.75 Å². The number of carbonyl (C=O) groups is 1. The van der Waals surface area contributed by atoms with Crippen LogP contribution >= 0.6 is 0 Å². The molecule has 0 aliphatic carbocycles. The number of benzene rings is 1. The van der Waals surface area contributed by atoms with Crippen molar-refractivity contribution in [2.45, 2.75) is 32.7 Å². The Kier molecular flexibility index (Phi) is 5.84. The molecular formula is C20H31N3O2. The smallest absolute Gasteiger partial charge is 0.239 e. The second-order valence-corrected chi connectivity index (χ2v) is 7.40. The van der Waals surface area contributed by atoms with Gasteiger partial charge < -0.3 is 14.5 Å². The van der Waals surface area contributed by atoms with Crippen LogP contribution in [0.4, 0.5) is 5.69 Å². The highest BCUT2D eigenvalue weighted by Crippen LogP contribution is 2.22. The first kappa shape index (κ1) is 18.1. The first-order valence-electron chi connectivity index (χ1n) is 9.50. The highest BCUT2D eigenvalue weighted by atomic mass is 16.5. The molecule has 5 nitrogen and oxygen atoms in total. The molecule has 0 radical (unpaired) electrons. The third-order valence-electron chi connectivity index (χ3n) is 5.75. The monoisotopic (exact) mass is 345 g/mol. The molecule has 0 spiro atoms. The SMILES string of the molecule is COc1ccc(N2CCN(C(C)C(=O)N3CCC(C)CC3)CC2)cc1. The first-order chi connectivity index (χ1) is 12.1. The van der Waals surface area contributed by atoms with Crippen molar-refractivity contribution in [3.8, 4) is 5.75 Å². The van der Waals surface area contributed by atoms with Crippen molar-refractivity contribution in [2.24, 2.45) is 5.92 Å². The Labute approximate surface area is 151 Å². The minimum atomic E-state index is -0.00794. The predicted octanol–water partition coefficient (Wildman–Crippen LogP) is 2.46. The maximum atomic E-state index is 12.8. The minimum absolute atomic E-state index is 0.00794. The van der Waals surface area contributed by atoms with E-state index in [4.69, 9.17) is 4.74 Å². The zero-order valence-corrected chi connectivity index (χ0v) is 15.8. The Bertz CT molecular complexity index is 559. The molecule has 1 amide bonds. The van der Waals surface area contributed by atoms with Gasteiger partial charge in [0.25, 0.3) is 0 Å². The summed E-state index contributed by atoms with van der Waals surface area (Å²) in [6.07, 6.45) is 2.29. The van der Waals surface area contributed by atoms with Crippen molar-refractivity contribution in [1.29, 1.82) is 0 Å². The Morgan fingerprint density at radius 1 is 1.04 bits per heavy atom. The molecule has 2 aliphatic rings. The summed E-state index contributed by atoms with van der Waals surface area (Å²) in [5.74, 6) is 1.95. The fourth-order valence-electron chi connectivity index (χ4n) is 3.81. The van der Waals surface area contributed by atoms with E-state index in [9.17, 15) is 4.79 Å². The highest BCUT2D eigenvalue weighted by molar-refractivity contribution is 5.81. The van der Waals surface area contributed by atoms with Gasteiger partial charge in [-0.2, -0.15) is 0 Å². The zero-order chi connectivity index (χ0) is 17.8. The number of carbonyl (C=O) groups excluding carboxylic acids is 1. The molecule has 25 heavy (non-hydrogen) atoms. The van der Waals surface area contributed by atoms with Crippen LogP contribution in [0.15, 0.2) is 24.3 Å². The van der Waals surface area contributed by atoms with Crippen molar-refractivity contribution < 1.29 is 9.53 Å². The van der Waals surface area contributed by atoms with E-state index in [2.05, 4.69) is 40.7 Å². The van der Waals surface area contributed by atoms with E-state index in [1.165, 1.54) is 5.69 Å². The van der Waals surface area contributed by atoms with Gasteiger partial charge in [0.05, 0.1) is 13.2 Å². The largest absolute Gasteiger partial charge is 0.497 e. The van der Waals surface area contributed by atoms with E-state index in [1.807, 2.05) is 12.1 Å². The van der Waals surface area contributed by atoms with Crippen LogP contribution in [0, 0.1) is 5.92 Å². The van der Waals surface area contributed by atoms with E-state index in [1.54, 1.807) is 7.11 Å². The second kappa shape index (κ2) is 8.09.